The molecule has 0 saturated carbocycles. The van der Waals surface area contributed by atoms with E-state index in [4.69, 9.17) is 38.4 Å². The summed E-state index contributed by atoms with van der Waals surface area (Å²) in [5, 5.41) is 8.66. The molecule has 3 N–H and O–H groups in total. The molecular weight excluding hydrogens is 441 g/mol. The lowest BCUT2D eigenvalue weighted by molar-refractivity contribution is -0.115. The Labute approximate surface area is 188 Å². The number of halogens is 2. The number of hydrogen-bond donors (Lipinski definition) is 2. The second-order valence-electron chi connectivity index (χ2n) is 6.87. The molecule has 0 radical (unpaired) electrons. The highest BCUT2D eigenvalue weighted by molar-refractivity contribution is 6.36. The van der Waals surface area contributed by atoms with Crippen LogP contribution in [0.15, 0.2) is 47.7 Å². The fourth-order valence-corrected chi connectivity index (χ4v) is 4.08. The number of nitrogens with two attached hydrogens (primary N) is 1. The number of primary amides is 1. The van der Waals surface area contributed by atoms with Crippen LogP contribution in [0.3, 0.4) is 0 Å². The molecule has 2 heterocycles. The van der Waals surface area contributed by atoms with Gasteiger partial charge in [0, 0.05) is 27.9 Å². The van der Waals surface area contributed by atoms with E-state index in [0.29, 0.717) is 55.7 Å². The molecule has 1 amide bonds. The Morgan fingerprint density at radius 1 is 1.16 bits per heavy atom. The predicted octanol–water partition coefficient (Wildman–Crippen LogP) is 4.04. The van der Waals surface area contributed by atoms with E-state index >= 15 is 0 Å². The third-order valence-electron chi connectivity index (χ3n) is 5.03. The highest BCUT2D eigenvalue weighted by atomic mass is 35.5. The third-order valence-corrected chi connectivity index (χ3v) is 5.57. The van der Waals surface area contributed by atoms with E-state index in [0.717, 1.165) is 0 Å². The second-order valence-corrected chi connectivity index (χ2v) is 7.71. The number of carbonyl (C=O) groups excluding carboxylic acids is 1. The van der Waals surface area contributed by atoms with Crippen LogP contribution in [0, 0.1) is 0 Å². The van der Waals surface area contributed by atoms with Gasteiger partial charge >= 0.3 is 0 Å². The van der Waals surface area contributed by atoms with Crippen molar-refractivity contribution in [2.75, 3.05) is 19.5 Å². The second kappa shape index (κ2) is 8.13. The molecule has 10 heteroatoms. The lowest BCUT2D eigenvalue weighted by Gasteiger charge is -2.28. The number of ether oxygens (including phenoxy) is 2. The molecule has 1 aliphatic heterocycles. The maximum Gasteiger partial charge on any atom is 0.248 e. The van der Waals surface area contributed by atoms with Crippen LogP contribution in [0.4, 0.5) is 5.95 Å². The number of rotatable bonds is 5. The quantitative estimate of drug-likeness (QED) is 0.596. The summed E-state index contributed by atoms with van der Waals surface area (Å²) in [6.45, 7) is 1.76. The third kappa shape index (κ3) is 3.68. The number of aromatic nitrogens is 3. The van der Waals surface area contributed by atoms with Crippen LogP contribution in [-0.2, 0) is 4.79 Å². The van der Waals surface area contributed by atoms with E-state index in [1.807, 2.05) is 6.07 Å². The number of allylic oxidation sites excluding steroid dienone is 1. The molecule has 1 atom stereocenters. The molecule has 31 heavy (non-hydrogen) atoms. The van der Waals surface area contributed by atoms with Gasteiger partial charge in [0.15, 0.2) is 5.82 Å². The molecule has 0 fully saturated rings. The molecule has 0 saturated heterocycles. The summed E-state index contributed by atoms with van der Waals surface area (Å²) in [7, 11) is 3.11. The highest BCUT2D eigenvalue weighted by Gasteiger charge is 2.35. The summed E-state index contributed by atoms with van der Waals surface area (Å²) in [6.07, 6.45) is 0. The Morgan fingerprint density at radius 3 is 2.58 bits per heavy atom. The molecule has 4 rings (SSSR count). The van der Waals surface area contributed by atoms with Crippen LogP contribution in [-0.4, -0.2) is 34.9 Å². The number of methoxy groups -OCH3 is 2. The number of benzene rings is 2. The number of nitrogens with one attached hydrogen (secondary N) is 1. The first-order valence-corrected chi connectivity index (χ1v) is 10.0. The number of fused-ring (bicyclic) bond motifs is 1. The summed E-state index contributed by atoms with van der Waals surface area (Å²) < 4.78 is 12.5. The molecule has 0 aliphatic carbocycles. The van der Waals surface area contributed by atoms with Crippen LogP contribution in [0.2, 0.25) is 10.0 Å². The smallest absolute Gasteiger partial charge is 0.248 e. The van der Waals surface area contributed by atoms with Crippen molar-refractivity contribution in [2.24, 2.45) is 5.73 Å². The highest BCUT2D eigenvalue weighted by Crippen LogP contribution is 2.41. The van der Waals surface area contributed by atoms with Crippen molar-refractivity contribution in [1.29, 1.82) is 0 Å². The first-order chi connectivity index (χ1) is 14.8. The molecule has 1 aromatic heterocycles. The minimum absolute atomic E-state index is 0.342. The number of nitrogens with zero attached hydrogens (tertiary/aromatic N) is 3. The molecule has 8 nitrogen and oxygen atoms in total. The topological polar surface area (TPSA) is 104 Å². The molecule has 3 aromatic rings. The van der Waals surface area contributed by atoms with Crippen LogP contribution in [0.1, 0.15) is 18.5 Å². The van der Waals surface area contributed by atoms with Crippen molar-refractivity contribution in [1.82, 2.24) is 14.8 Å². The van der Waals surface area contributed by atoms with Crippen molar-refractivity contribution >= 4 is 35.1 Å². The molecule has 2 aromatic carbocycles. The van der Waals surface area contributed by atoms with Gasteiger partial charge in [-0.1, -0.05) is 23.2 Å². The predicted molar refractivity (Wildman–Crippen MR) is 119 cm³/mol. The summed E-state index contributed by atoms with van der Waals surface area (Å²) in [5.41, 5.74) is 7.95. The Bertz CT molecular complexity index is 1220. The minimum atomic E-state index is -0.665. The molecule has 1 aliphatic rings. The van der Waals surface area contributed by atoms with Crippen LogP contribution >= 0.6 is 23.2 Å². The van der Waals surface area contributed by atoms with Crippen LogP contribution in [0.25, 0.3) is 11.4 Å². The lowest BCUT2D eigenvalue weighted by atomic mass is 9.94. The Kier molecular flexibility index (Phi) is 5.51. The average molecular weight is 460 g/mol. The van der Waals surface area contributed by atoms with E-state index in [2.05, 4.69) is 15.4 Å². The van der Waals surface area contributed by atoms with Crippen molar-refractivity contribution in [3.05, 3.63) is 63.3 Å². The normalized spacial score (nSPS) is 15.3. The van der Waals surface area contributed by atoms with Crippen molar-refractivity contribution in [3.8, 4) is 22.9 Å². The van der Waals surface area contributed by atoms with E-state index < -0.39 is 11.9 Å². The number of carbonyl (C=O) groups is 1. The number of anilines is 1. The fourth-order valence-electron chi connectivity index (χ4n) is 3.59. The molecule has 0 bridgehead atoms. The maximum atomic E-state index is 12.4. The van der Waals surface area contributed by atoms with Crippen molar-refractivity contribution in [2.45, 2.75) is 13.0 Å². The molecule has 0 spiro atoms. The van der Waals surface area contributed by atoms with Crippen LogP contribution in [0.5, 0.6) is 11.5 Å². The summed E-state index contributed by atoms with van der Waals surface area (Å²) in [4.78, 5) is 17.0. The lowest BCUT2D eigenvalue weighted by Crippen LogP contribution is -2.32. The SMILES string of the molecule is COc1ccc(C2C(C(N)=O)=C(C)Nc3nc(-c4ccc(Cl)cc4Cl)nn32)c(OC)c1. The van der Waals surface area contributed by atoms with Gasteiger partial charge in [0.2, 0.25) is 11.9 Å². The minimum Gasteiger partial charge on any atom is -0.497 e. The standard InChI is InChI=1S/C21H19Cl2N5O3/c1-10-17(19(24)29)18(14-7-5-12(30-2)9-16(14)31-3)28-21(25-10)26-20(27-28)13-6-4-11(22)8-15(13)23/h4-9,18H,1-3H3,(H2,24,29)(H,25,26,27). The maximum absolute atomic E-state index is 12.4. The monoisotopic (exact) mass is 459 g/mol. The van der Waals surface area contributed by atoms with E-state index in [1.165, 1.54) is 0 Å². The van der Waals surface area contributed by atoms with Gasteiger partial charge < -0.3 is 20.5 Å². The average Bonchev–Trinajstić information content (AvgIpc) is 3.15. The summed E-state index contributed by atoms with van der Waals surface area (Å²) in [6, 6.07) is 9.73. The van der Waals surface area contributed by atoms with Crippen LogP contribution < -0.4 is 20.5 Å². The first-order valence-electron chi connectivity index (χ1n) is 9.25. The van der Waals surface area contributed by atoms with Gasteiger partial charge in [-0.05, 0) is 37.3 Å². The zero-order valence-corrected chi connectivity index (χ0v) is 18.5. The Morgan fingerprint density at radius 2 is 1.94 bits per heavy atom. The Balaban J connectivity index is 1.92. The van der Waals surface area contributed by atoms with Gasteiger partial charge in [-0.2, -0.15) is 4.98 Å². The van der Waals surface area contributed by atoms with Gasteiger partial charge in [0.05, 0.1) is 24.8 Å². The zero-order chi connectivity index (χ0) is 22.3. The van der Waals surface area contributed by atoms with E-state index in [-0.39, 0.29) is 0 Å². The fraction of sp³-hybridized carbons (Fsp3) is 0.190. The summed E-state index contributed by atoms with van der Waals surface area (Å²) >= 11 is 12.4. The zero-order valence-electron chi connectivity index (χ0n) is 16.9. The van der Waals surface area contributed by atoms with Gasteiger partial charge in [0.1, 0.15) is 17.5 Å². The van der Waals surface area contributed by atoms with E-state index in [1.54, 1.807) is 56.2 Å². The van der Waals surface area contributed by atoms with Gasteiger partial charge in [-0.25, -0.2) is 4.68 Å². The van der Waals surface area contributed by atoms with E-state index in [9.17, 15) is 4.79 Å². The number of amides is 1. The molecule has 160 valence electrons. The molecule has 1 unspecified atom stereocenters. The van der Waals surface area contributed by atoms with Gasteiger partial charge in [-0.15, -0.1) is 5.10 Å². The van der Waals surface area contributed by atoms with Gasteiger partial charge in [-0.3, -0.25) is 4.79 Å². The number of hydrogen-bond acceptors (Lipinski definition) is 6. The first kappa shape index (κ1) is 21.0. The summed E-state index contributed by atoms with van der Waals surface area (Å²) in [5.74, 6) is 1.36. The van der Waals surface area contributed by atoms with Crippen molar-refractivity contribution < 1.29 is 14.3 Å². The Hall–Kier alpha value is -3.23. The largest absolute Gasteiger partial charge is 0.497 e. The van der Waals surface area contributed by atoms with Crippen molar-refractivity contribution in [3.63, 3.8) is 0 Å². The van der Waals surface area contributed by atoms with Gasteiger partial charge in [0.25, 0.3) is 0 Å². The molecular formula is C21H19Cl2N5O3.